The van der Waals surface area contributed by atoms with E-state index in [0.717, 1.165) is 81.1 Å². The van der Waals surface area contributed by atoms with Gasteiger partial charge in [0.1, 0.15) is 11.9 Å². The van der Waals surface area contributed by atoms with Gasteiger partial charge in [-0.05, 0) is 74.9 Å². The van der Waals surface area contributed by atoms with Crippen molar-refractivity contribution >= 4 is 11.9 Å². The number of carbonyl (C=O) groups excluding carboxylic acids is 2. The van der Waals surface area contributed by atoms with Crippen molar-refractivity contribution in [2.75, 3.05) is 0 Å². The summed E-state index contributed by atoms with van der Waals surface area (Å²) in [4.78, 5) is 24.8. The predicted molar refractivity (Wildman–Crippen MR) is 107 cm³/mol. The molecule has 0 N–H and O–H groups in total. The smallest absolute Gasteiger partial charge is 0.339 e. The van der Waals surface area contributed by atoms with E-state index in [1.807, 2.05) is 0 Å². The summed E-state index contributed by atoms with van der Waals surface area (Å²) in [6.45, 7) is 4.30. The fraction of sp³-hybridized carbons (Fsp3) is 0.667. The summed E-state index contributed by atoms with van der Waals surface area (Å²) in [5.74, 6) is 1.56. The quantitative estimate of drug-likeness (QED) is 0.576. The van der Waals surface area contributed by atoms with E-state index in [1.54, 1.807) is 0 Å². The summed E-state index contributed by atoms with van der Waals surface area (Å²) in [6.07, 6.45) is 14.4. The molecule has 0 saturated carbocycles. The van der Waals surface area contributed by atoms with Crippen molar-refractivity contribution in [2.45, 2.75) is 84.2 Å². The molecule has 0 spiro atoms. The van der Waals surface area contributed by atoms with Crippen molar-refractivity contribution in [1.29, 1.82) is 0 Å². The topological polar surface area (TPSA) is 52.6 Å². The number of allylic oxidation sites excluding steroid dienone is 3. The Balaban J connectivity index is 1.47. The Bertz CT molecular complexity index is 742. The Hall–Kier alpha value is -1.84. The molecule has 2 aliphatic carbocycles. The summed E-state index contributed by atoms with van der Waals surface area (Å²) in [5, 5.41) is 0. The van der Waals surface area contributed by atoms with E-state index in [1.165, 1.54) is 5.57 Å². The van der Waals surface area contributed by atoms with Gasteiger partial charge in [0.25, 0.3) is 0 Å². The lowest BCUT2D eigenvalue weighted by Gasteiger charge is -2.32. The lowest BCUT2D eigenvalue weighted by atomic mass is 9.70. The molecule has 4 rings (SSSR count). The Morgan fingerprint density at radius 2 is 1.96 bits per heavy atom. The molecule has 0 aromatic carbocycles. The number of unbranched alkanes of at least 4 members (excludes halogenated alkanes) is 2. The molecule has 4 aliphatic rings. The minimum absolute atomic E-state index is 0.0218. The van der Waals surface area contributed by atoms with Gasteiger partial charge in [-0.1, -0.05) is 32.8 Å². The maximum absolute atomic E-state index is 12.4. The number of carbonyl (C=O) groups is 2. The highest BCUT2D eigenvalue weighted by molar-refractivity contribution is 5.94. The van der Waals surface area contributed by atoms with Gasteiger partial charge in [-0.2, -0.15) is 0 Å². The maximum atomic E-state index is 12.4. The normalized spacial score (nSPS) is 33.5. The van der Waals surface area contributed by atoms with Crippen LogP contribution in [0.5, 0.6) is 0 Å². The highest BCUT2D eigenvalue weighted by Gasteiger charge is 2.43. The van der Waals surface area contributed by atoms with E-state index in [-0.39, 0.29) is 24.0 Å². The van der Waals surface area contributed by atoms with E-state index in [9.17, 15) is 9.59 Å². The van der Waals surface area contributed by atoms with E-state index in [0.29, 0.717) is 11.8 Å². The van der Waals surface area contributed by atoms with Gasteiger partial charge in [0.05, 0.1) is 0 Å². The van der Waals surface area contributed by atoms with Gasteiger partial charge in [0.15, 0.2) is 0 Å². The number of hydrogen-bond donors (Lipinski definition) is 0. The molecule has 0 bridgehead atoms. The summed E-state index contributed by atoms with van der Waals surface area (Å²) in [7, 11) is 0. The molecule has 28 heavy (non-hydrogen) atoms. The first-order chi connectivity index (χ1) is 13.6. The standard InChI is InChI=1S/C24H32O4/c1-3-5-7-21-17-11-9-15(13-19(17)23(25)27-21)16-10-12-18-20(14-16)24(26)28-22(18)8-6-4-2/h7,13,15-17,22H,3-6,8-12,14H2,1-2H3/b21-7-/t15?,16-,17?,22?/m1/s1. The minimum atomic E-state index is -0.160. The second-order valence-corrected chi connectivity index (χ2v) is 8.74. The monoisotopic (exact) mass is 384 g/mol. The Kier molecular flexibility index (Phi) is 5.75. The zero-order valence-corrected chi connectivity index (χ0v) is 17.2. The van der Waals surface area contributed by atoms with E-state index >= 15 is 0 Å². The van der Waals surface area contributed by atoms with Crippen LogP contribution in [0.4, 0.5) is 0 Å². The first-order valence-electron chi connectivity index (χ1n) is 11.2. The van der Waals surface area contributed by atoms with Crippen LogP contribution in [0.1, 0.15) is 78.1 Å². The summed E-state index contributed by atoms with van der Waals surface area (Å²) >= 11 is 0. The average Bonchev–Trinajstić information content (AvgIpc) is 3.20. The second-order valence-electron chi connectivity index (χ2n) is 8.74. The molecular weight excluding hydrogens is 352 g/mol. The Morgan fingerprint density at radius 1 is 1.11 bits per heavy atom. The molecule has 4 heteroatoms. The molecule has 4 atom stereocenters. The van der Waals surface area contributed by atoms with E-state index in [4.69, 9.17) is 9.47 Å². The highest BCUT2D eigenvalue weighted by atomic mass is 16.6. The summed E-state index contributed by atoms with van der Waals surface area (Å²) < 4.78 is 11.2. The number of rotatable bonds is 6. The number of ether oxygens (including phenoxy) is 2. The van der Waals surface area contributed by atoms with Crippen LogP contribution >= 0.6 is 0 Å². The molecular formula is C24H32O4. The molecule has 0 amide bonds. The van der Waals surface area contributed by atoms with Crippen molar-refractivity contribution in [1.82, 2.24) is 0 Å². The first kappa shape index (κ1) is 19.5. The number of esters is 2. The van der Waals surface area contributed by atoms with Gasteiger partial charge in [0, 0.05) is 17.1 Å². The largest absolute Gasteiger partial charge is 0.454 e. The first-order valence-corrected chi connectivity index (χ1v) is 11.2. The van der Waals surface area contributed by atoms with Gasteiger partial charge < -0.3 is 9.47 Å². The lowest BCUT2D eigenvalue weighted by molar-refractivity contribution is -0.140. The predicted octanol–water partition coefficient (Wildman–Crippen LogP) is 5.39. The van der Waals surface area contributed by atoms with E-state index in [2.05, 4.69) is 26.0 Å². The van der Waals surface area contributed by atoms with Gasteiger partial charge in [0.2, 0.25) is 0 Å². The van der Waals surface area contributed by atoms with Crippen LogP contribution in [0.3, 0.4) is 0 Å². The van der Waals surface area contributed by atoms with Crippen molar-refractivity contribution in [3.63, 3.8) is 0 Å². The van der Waals surface area contributed by atoms with Crippen LogP contribution in [0.15, 0.2) is 34.6 Å². The highest BCUT2D eigenvalue weighted by Crippen LogP contribution is 2.47. The van der Waals surface area contributed by atoms with Crippen LogP contribution in [0.2, 0.25) is 0 Å². The fourth-order valence-corrected chi connectivity index (χ4v) is 5.35. The van der Waals surface area contributed by atoms with Crippen LogP contribution in [-0.2, 0) is 19.1 Å². The van der Waals surface area contributed by atoms with Crippen molar-refractivity contribution in [2.24, 2.45) is 17.8 Å². The maximum Gasteiger partial charge on any atom is 0.339 e. The Morgan fingerprint density at radius 3 is 2.75 bits per heavy atom. The third-order valence-electron chi connectivity index (χ3n) is 6.93. The third kappa shape index (κ3) is 3.58. The third-order valence-corrected chi connectivity index (χ3v) is 6.93. The van der Waals surface area contributed by atoms with Crippen LogP contribution in [-0.4, -0.2) is 18.0 Å². The van der Waals surface area contributed by atoms with Gasteiger partial charge in [-0.25, -0.2) is 9.59 Å². The SMILES string of the molecule is CCC/C=C1\OC(=O)C2=CC([C@@H]3CCC4=C(C3)C(=O)OC4CCCC)CCC21. The van der Waals surface area contributed by atoms with Crippen LogP contribution in [0.25, 0.3) is 0 Å². The molecule has 152 valence electrons. The number of hydrogen-bond acceptors (Lipinski definition) is 4. The molecule has 0 aromatic rings. The molecule has 4 nitrogen and oxygen atoms in total. The summed E-state index contributed by atoms with van der Waals surface area (Å²) in [6, 6.07) is 0. The number of cyclic esters (lactones) is 2. The van der Waals surface area contributed by atoms with Crippen molar-refractivity contribution in [3.05, 3.63) is 34.6 Å². The molecule has 2 heterocycles. The van der Waals surface area contributed by atoms with Gasteiger partial charge >= 0.3 is 11.9 Å². The zero-order valence-electron chi connectivity index (χ0n) is 17.2. The van der Waals surface area contributed by atoms with Gasteiger partial charge in [-0.3, -0.25) is 0 Å². The number of fused-ring (bicyclic) bond motifs is 1. The zero-order chi connectivity index (χ0) is 19.7. The second kappa shape index (κ2) is 8.26. The minimum Gasteiger partial charge on any atom is -0.454 e. The van der Waals surface area contributed by atoms with Crippen LogP contribution < -0.4 is 0 Å². The average molecular weight is 385 g/mol. The molecule has 3 unspecified atom stereocenters. The molecule has 0 aromatic heterocycles. The molecule has 2 aliphatic heterocycles. The fourth-order valence-electron chi connectivity index (χ4n) is 5.35. The molecule has 0 radical (unpaired) electrons. The lowest BCUT2D eigenvalue weighted by Crippen LogP contribution is -2.24. The Labute approximate surface area is 168 Å². The van der Waals surface area contributed by atoms with Gasteiger partial charge in [-0.15, -0.1) is 0 Å². The molecule has 1 saturated heterocycles. The summed E-state index contributed by atoms with van der Waals surface area (Å²) in [5.41, 5.74) is 3.06. The molecule has 1 fully saturated rings. The van der Waals surface area contributed by atoms with Crippen molar-refractivity contribution in [3.8, 4) is 0 Å². The van der Waals surface area contributed by atoms with Crippen molar-refractivity contribution < 1.29 is 19.1 Å². The van der Waals surface area contributed by atoms with Crippen LogP contribution in [0, 0.1) is 17.8 Å². The van der Waals surface area contributed by atoms with E-state index < -0.39 is 0 Å².